The van der Waals surface area contributed by atoms with Gasteiger partial charge in [-0.2, -0.15) is 0 Å². The van der Waals surface area contributed by atoms with Gasteiger partial charge in [0.15, 0.2) is 5.60 Å². The minimum absolute atomic E-state index is 0.322. The van der Waals surface area contributed by atoms with Crippen molar-refractivity contribution in [2.24, 2.45) is 0 Å². The van der Waals surface area contributed by atoms with Crippen molar-refractivity contribution in [2.45, 2.75) is 45.1 Å². The topological polar surface area (TPSA) is 26.3 Å². The Morgan fingerprint density at radius 2 is 2.36 bits per heavy atom. The lowest BCUT2D eigenvalue weighted by atomic mass is 9.87. The number of allylic oxidation sites excluding steroid dienone is 1. The van der Waals surface area contributed by atoms with Crippen molar-refractivity contribution in [3.63, 3.8) is 0 Å². The number of carbonyl (C=O) groups is 1. The van der Waals surface area contributed by atoms with Crippen LogP contribution in [-0.2, 0) is 9.53 Å². The lowest BCUT2D eigenvalue weighted by Gasteiger charge is -2.28. The van der Waals surface area contributed by atoms with E-state index in [1.165, 1.54) is 13.3 Å². The molecule has 0 aromatic heterocycles. The van der Waals surface area contributed by atoms with Crippen molar-refractivity contribution in [3.05, 3.63) is 11.6 Å². The van der Waals surface area contributed by atoms with E-state index >= 15 is 0 Å². The van der Waals surface area contributed by atoms with Gasteiger partial charge in [0.05, 0.1) is 0 Å². The van der Waals surface area contributed by atoms with Crippen molar-refractivity contribution >= 4 is 5.97 Å². The van der Waals surface area contributed by atoms with Gasteiger partial charge in [-0.15, -0.1) is 6.42 Å². The molecule has 0 aromatic rings. The average Bonchev–Trinajstić information content (AvgIpc) is 2.18. The molecule has 0 aliphatic heterocycles. The molecule has 1 aliphatic rings. The van der Waals surface area contributed by atoms with Gasteiger partial charge in [-0.3, -0.25) is 4.79 Å². The van der Waals surface area contributed by atoms with Gasteiger partial charge in [0.1, 0.15) is 0 Å². The molecule has 0 saturated carbocycles. The van der Waals surface area contributed by atoms with Crippen molar-refractivity contribution in [1.82, 2.24) is 0 Å². The van der Waals surface area contributed by atoms with E-state index in [1.807, 2.05) is 0 Å². The standard InChI is InChI=1S/C12H16O2/c1-4-12(3,14-10(2)13)11-8-6-5-7-9-11/h1,8H,5-7,9H2,2-3H3. The Labute approximate surface area is 85.3 Å². The number of ether oxygens (including phenoxy) is 1. The number of esters is 1. The Hall–Kier alpha value is -1.23. The first-order valence-electron chi connectivity index (χ1n) is 4.95. The third kappa shape index (κ3) is 2.38. The van der Waals surface area contributed by atoms with E-state index in [9.17, 15) is 4.79 Å². The largest absolute Gasteiger partial charge is 0.442 e. The van der Waals surface area contributed by atoms with E-state index in [4.69, 9.17) is 11.2 Å². The Morgan fingerprint density at radius 3 is 2.79 bits per heavy atom. The van der Waals surface area contributed by atoms with Gasteiger partial charge in [-0.1, -0.05) is 12.0 Å². The van der Waals surface area contributed by atoms with E-state index in [2.05, 4.69) is 12.0 Å². The zero-order chi connectivity index (χ0) is 10.6. The second-order valence-corrected chi connectivity index (χ2v) is 3.75. The van der Waals surface area contributed by atoms with Gasteiger partial charge in [-0.25, -0.2) is 0 Å². The molecule has 0 amide bonds. The fraction of sp³-hybridized carbons (Fsp3) is 0.583. The SMILES string of the molecule is C#CC(C)(OC(C)=O)C1=CCCCC1. The molecule has 1 unspecified atom stereocenters. The van der Waals surface area contributed by atoms with Crippen LogP contribution in [0.3, 0.4) is 0 Å². The van der Waals surface area contributed by atoms with E-state index in [-0.39, 0.29) is 5.97 Å². The number of hydrogen-bond donors (Lipinski definition) is 0. The maximum Gasteiger partial charge on any atom is 0.304 e. The molecule has 0 aromatic carbocycles. The number of terminal acetylenes is 1. The zero-order valence-corrected chi connectivity index (χ0v) is 8.80. The van der Waals surface area contributed by atoms with Crippen LogP contribution in [0, 0.1) is 12.3 Å². The average molecular weight is 192 g/mol. The lowest BCUT2D eigenvalue weighted by Crippen LogP contribution is -2.32. The minimum Gasteiger partial charge on any atom is -0.442 e. The van der Waals surface area contributed by atoms with Gasteiger partial charge in [-0.05, 0) is 38.2 Å². The summed E-state index contributed by atoms with van der Waals surface area (Å²) in [6, 6.07) is 0. The summed E-state index contributed by atoms with van der Waals surface area (Å²) < 4.78 is 5.18. The fourth-order valence-corrected chi connectivity index (χ4v) is 1.75. The molecule has 76 valence electrons. The van der Waals surface area contributed by atoms with Crippen LogP contribution in [0.4, 0.5) is 0 Å². The quantitative estimate of drug-likeness (QED) is 0.381. The van der Waals surface area contributed by atoms with Crippen molar-refractivity contribution in [3.8, 4) is 12.3 Å². The summed E-state index contributed by atoms with van der Waals surface area (Å²) in [5.41, 5.74) is 0.244. The van der Waals surface area contributed by atoms with E-state index < -0.39 is 5.60 Å². The molecule has 0 fully saturated rings. The van der Waals surface area contributed by atoms with E-state index in [1.54, 1.807) is 6.92 Å². The van der Waals surface area contributed by atoms with Gasteiger partial charge in [0.2, 0.25) is 0 Å². The molecule has 0 bridgehead atoms. The van der Waals surface area contributed by atoms with Crippen LogP contribution in [0.2, 0.25) is 0 Å². The second-order valence-electron chi connectivity index (χ2n) is 3.75. The van der Waals surface area contributed by atoms with Crippen molar-refractivity contribution in [1.29, 1.82) is 0 Å². The smallest absolute Gasteiger partial charge is 0.304 e. The Morgan fingerprint density at radius 1 is 1.64 bits per heavy atom. The normalized spacial score (nSPS) is 20.2. The lowest BCUT2D eigenvalue weighted by molar-refractivity contribution is -0.147. The second kappa shape index (κ2) is 4.32. The molecule has 0 N–H and O–H groups in total. The summed E-state index contributed by atoms with van der Waals surface area (Å²) in [4.78, 5) is 10.9. The van der Waals surface area contributed by atoms with E-state index in [0.717, 1.165) is 24.8 Å². The molecule has 0 spiro atoms. The first kappa shape index (κ1) is 10.8. The van der Waals surface area contributed by atoms with Crippen LogP contribution in [-0.4, -0.2) is 11.6 Å². The Kier molecular flexibility index (Phi) is 3.35. The maximum atomic E-state index is 10.9. The fourth-order valence-electron chi connectivity index (χ4n) is 1.75. The Bertz CT molecular complexity index is 296. The van der Waals surface area contributed by atoms with Crippen LogP contribution < -0.4 is 0 Å². The molecule has 2 nitrogen and oxygen atoms in total. The van der Waals surface area contributed by atoms with Gasteiger partial charge >= 0.3 is 5.97 Å². The molecule has 1 atom stereocenters. The highest BCUT2D eigenvalue weighted by Gasteiger charge is 2.30. The van der Waals surface area contributed by atoms with Crippen LogP contribution in [0.1, 0.15) is 39.5 Å². The molecule has 0 saturated heterocycles. The van der Waals surface area contributed by atoms with Gasteiger partial charge in [0, 0.05) is 6.92 Å². The van der Waals surface area contributed by atoms with Crippen LogP contribution in [0.25, 0.3) is 0 Å². The predicted molar refractivity (Wildman–Crippen MR) is 55.6 cm³/mol. The molecule has 0 heterocycles. The van der Waals surface area contributed by atoms with Gasteiger partial charge in [0.25, 0.3) is 0 Å². The van der Waals surface area contributed by atoms with Crippen LogP contribution >= 0.6 is 0 Å². The molecule has 14 heavy (non-hydrogen) atoms. The highest BCUT2D eigenvalue weighted by Crippen LogP contribution is 2.29. The molecular formula is C12H16O2. The number of hydrogen-bond acceptors (Lipinski definition) is 2. The summed E-state index contributed by atoms with van der Waals surface area (Å²) in [6.45, 7) is 3.17. The van der Waals surface area contributed by atoms with Crippen LogP contribution in [0.15, 0.2) is 11.6 Å². The summed E-state index contributed by atoms with van der Waals surface area (Å²) in [5, 5.41) is 0. The van der Waals surface area contributed by atoms with Crippen LogP contribution in [0.5, 0.6) is 0 Å². The monoisotopic (exact) mass is 192 g/mol. The molecular weight excluding hydrogens is 176 g/mol. The summed E-state index contributed by atoms with van der Waals surface area (Å²) >= 11 is 0. The third-order valence-electron chi connectivity index (χ3n) is 2.53. The highest BCUT2D eigenvalue weighted by molar-refractivity contribution is 5.67. The third-order valence-corrected chi connectivity index (χ3v) is 2.53. The van der Waals surface area contributed by atoms with Crippen molar-refractivity contribution < 1.29 is 9.53 Å². The number of carbonyl (C=O) groups excluding carboxylic acids is 1. The summed E-state index contributed by atoms with van der Waals surface area (Å²) in [7, 11) is 0. The first-order valence-corrected chi connectivity index (χ1v) is 4.95. The molecule has 1 aliphatic carbocycles. The minimum atomic E-state index is -0.827. The van der Waals surface area contributed by atoms with Crippen molar-refractivity contribution in [2.75, 3.05) is 0 Å². The summed E-state index contributed by atoms with van der Waals surface area (Å²) in [5.74, 6) is 2.25. The van der Waals surface area contributed by atoms with Gasteiger partial charge < -0.3 is 4.74 Å². The Balaban J connectivity index is 2.83. The molecule has 1 rings (SSSR count). The first-order chi connectivity index (χ1) is 6.58. The predicted octanol–water partition coefficient (Wildman–Crippen LogP) is 2.44. The maximum absolute atomic E-state index is 10.9. The zero-order valence-electron chi connectivity index (χ0n) is 8.80. The summed E-state index contributed by atoms with van der Waals surface area (Å²) in [6.07, 6.45) is 11.8. The molecule has 2 heteroatoms. The van der Waals surface area contributed by atoms with E-state index in [0.29, 0.717) is 0 Å². The highest BCUT2D eigenvalue weighted by atomic mass is 16.6. The molecule has 0 radical (unpaired) electrons. The number of rotatable bonds is 2.